The van der Waals surface area contributed by atoms with Gasteiger partial charge >= 0.3 is 6.18 Å². The maximum absolute atomic E-state index is 14.0. The van der Waals surface area contributed by atoms with Crippen molar-refractivity contribution in [3.05, 3.63) is 63.0 Å². The van der Waals surface area contributed by atoms with Gasteiger partial charge < -0.3 is 14.3 Å². The Balaban J connectivity index is 1.95. The molecule has 1 saturated heterocycles. The Labute approximate surface area is 187 Å². The molecule has 9 heteroatoms. The summed E-state index contributed by atoms with van der Waals surface area (Å²) in [5, 5.41) is 10.4. The first-order chi connectivity index (χ1) is 15.1. The van der Waals surface area contributed by atoms with Crippen LogP contribution < -0.4 is 5.43 Å². The van der Waals surface area contributed by atoms with Gasteiger partial charge in [0.25, 0.3) is 0 Å². The number of alkyl halides is 3. The first-order valence-corrected chi connectivity index (χ1v) is 10.5. The third-order valence-electron chi connectivity index (χ3n) is 5.42. The van der Waals surface area contributed by atoms with Crippen LogP contribution in [0.2, 0.25) is 5.02 Å². The SMILES string of the molecule is C[C@H]1CN(Cc2c(O)ccc3c(=O)c(-c4ccccc4Cl)c(C(F)(F)F)oc23)C[C@H](C)O1. The van der Waals surface area contributed by atoms with Crippen molar-refractivity contribution in [1.82, 2.24) is 4.90 Å². The number of phenolic OH excluding ortho intramolecular Hbond substituents is 1. The van der Waals surface area contributed by atoms with E-state index in [0.29, 0.717) is 13.1 Å². The number of morpholine rings is 1. The molecule has 0 radical (unpaired) electrons. The van der Waals surface area contributed by atoms with E-state index in [2.05, 4.69) is 0 Å². The second kappa shape index (κ2) is 8.42. The van der Waals surface area contributed by atoms with E-state index in [0.717, 1.165) is 0 Å². The van der Waals surface area contributed by atoms with Crippen LogP contribution in [-0.4, -0.2) is 35.3 Å². The van der Waals surface area contributed by atoms with Gasteiger partial charge in [0, 0.05) is 30.2 Å². The molecule has 2 heterocycles. The van der Waals surface area contributed by atoms with Crippen molar-refractivity contribution in [3.63, 3.8) is 0 Å². The highest BCUT2D eigenvalue weighted by Crippen LogP contribution is 2.41. The number of fused-ring (bicyclic) bond motifs is 1. The van der Waals surface area contributed by atoms with Crippen LogP contribution in [0.5, 0.6) is 5.75 Å². The highest BCUT2D eigenvalue weighted by molar-refractivity contribution is 6.33. The number of rotatable bonds is 3. The molecule has 1 fully saturated rings. The molecule has 1 N–H and O–H groups in total. The van der Waals surface area contributed by atoms with Crippen molar-refractivity contribution in [2.45, 2.75) is 38.8 Å². The van der Waals surface area contributed by atoms with Crippen LogP contribution in [0.25, 0.3) is 22.1 Å². The van der Waals surface area contributed by atoms with Gasteiger partial charge in [0.1, 0.15) is 11.3 Å². The van der Waals surface area contributed by atoms with Gasteiger partial charge in [-0.3, -0.25) is 9.69 Å². The van der Waals surface area contributed by atoms with Crippen LogP contribution in [0.15, 0.2) is 45.6 Å². The lowest BCUT2D eigenvalue weighted by Gasteiger charge is -2.35. The monoisotopic (exact) mass is 467 g/mol. The molecule has 0 bridgehead atoms. The van der Waals surface area contributed by atoms with Crippen LogP contribution in [0, 0.1) is 0 Å². The van der Waals surface area contributed by atoms with Crippen LogP contribution in [0.3, 0.4) is 0 Å². The zero-order chi connectivity index (χ0) is 23.2. The first-order valence-electron chi connectivity index (χ1n) is 10.1. The second-order valence-corrected chi connectivity index (χ2v) is 8.41. The number of ether oxygens (including phenoxy) is 1. The lowest BCUT2D eigenvalue weighted by molar-refractivity contribution is -0.152. The summed E-state index contributed by atoms with van der Waals surface area (Å²) in [6.45, 7) is 4.93. The molecule has 0 unspecified atom stereocenters. The topological polar surface area (TPSA) is 62.9 Å². The summed E-state index contributed by atoms with van der Waals surface area (Å²) < 4.78 is 53.1. The average molecular weight is 468 g/mol. The molecule has 1 aliphatic heterocycles. The van der Waals surface area contributed by atoms with Crippen LogP contribution >= 0.6 is 11.6 Å². The fourth-order valence-corrected chi connectivity index (χ4v) is 4.43. The summed E-state index contributed by atoms with van der Waals surface area (Å²) in [5.41, 5.74) is -1.75. The molecule has 32 heavy (non-hydrogen) atoms. The molecular weight excluding hydrogens is 447 g/mol. The summed E-state index contributed by atoms with van der Waals surface area (Å²) in [4.78, 5) is 15.2. The van der Waals surface area contributed by atoms with E-state index < -0.39 is 22.9 Å². The van der Waals surface area contributed by atoms with E-state index in [-0.39, 0.29) is 51.6 Å². The average Bonchev–Trinajstić information content (AvgIpc) is 2.69. The Kier molecular flexibility index (Phi) is 5.96. The zero-order valence-corrected chi connectivity index (χ0v) is 18.1. The van der Waals surface area contributed by atoms with Crippen molar-refractivity contribution >= 4 is 22.6 Å². The van der Waals surface area contributed by atoms with Crippen LogP contribution in [-0.2, 0) is 17.5 Å². The largest absolute Gasteiger partial charge is 0.507 e. The minimum atomic E-state index is -4.95. The maximum atomic E-state index is 14.0. The fourth-order valence-electron chi connectivity index (χ4n) is 4.20. The van der Waals surface area contributed by atoms with Crippen LogP contribution in [0.1, 0.15) is 25.2 Å². The second-order valence-electron chi connectivity index (χ2n) is 8.00. The lowest BCUT2D eigenvalue weighted by Crippen LogP contribution is -2.44. The van der Waals surface area contributed by atoms with Crippen molar-refractivity contribution in [2.75, 3.05) is 13.1 Å². The van der Waals surface area contributed by atoms with E-state index in [9.17, 15) is 23.1 Å². The Morgan fingerprint density at radius 3 is 2.41 bits per heavy atom. The van der Waals surface area contributed by atoms with E-state index in [1.807, 2.05) is 18.7 Å². The molecule has 0 amide bonds. The molecule has 4 rings (SSSR count). The van der Waals surface area contributed by atoms with Gasteiger partial charge in [-0.25, -0.2) is 0 Å². The zero-order valence-electron chi connectivity index (χ0n) is 17.4. The number of nitrogens with zero attached hydrogens (tertiary/aromatic N) is 1. The number of benzene rings is 2. The third-order valence-corrected chi connectivity index (χ3v) is 5.75. The van der Waals surface area contributed by atoms with Crippen molar-refractivity contribution in [1.29, 1.82) is 0 Å². The molecule has 0 spiro atoms. The molecule has 1 aromatic heterocycles. The van der Waals surface area contributed by atoms with E-state index in [1.165, 1.54) is 30.3 Å². The Morgan fingerprint density at radius 1 is 1.12 bits per heavy atom. The smallest absolute Gasteiger partial charge is 0.450 e. The van der Waals surface area contributed by atoms with Gasteiger partial charge in [0.2, 0.25) is 11.2 Å². The van der Waals surface area contributed by atoms with Crippen molar-refractivity contribution in [3.8, 4) is 16.9 Å². The molecule has 2 atom stereocenters. The number of hydrogen-bond acceptors (Lipinski definition) is 5. The molecule has 170 valence electrons. The van der Waals surface area contributed by atoms with E-state index in [1.54, 1.807) is 6.07 Å². The minimum absolute atomic E-state index is 0.0000521. The van der Waals surface area contributed by atoms with Gasteiger partial charge in [-0.2, -0.15) is 13.2 Å². The molecule has 1 aliphatic rings. The molecule has 3 aromatic rings. The standard InChI is InChI=1S/C23H21ClF3NO4/c1-12-9-28(10-13(2)31-12)11-16-18(29)8-7-15-20(30)19(14-5-3-4-6-17(14)24)22(23(25,26)27)32-21(15)16/h3-8,12-13,29H,9-11H2,1-2H3/t12-,13-/m0/s1. The number of phenols is 1. The first kappa shape index (κ1) is 22.6. The quantitative estimate of drug-likeness (QED) is 0.555. The summed E-state index contributed by atoms with van der Waals surface area (Å²) >= 11 is 6.11. The highest BCUT2D eigenvalue weighted by Gasteiger charge is 2.40. The van der Waals surface area contributed by atoms with Crippen molar-refractivity contribution < 1.29 is 27.4 Å². The fraction of sp³-hybridized carbons (Fsp3) is 0.348. The van der Waals surface area contributed by atoms with Crippen molar-refractivity contribution in [2.24, 2.45) is 0 Å². The summed E-state index contributed by atoms with van der Waals surface area (Å²) in [6, 6.07) is 8.37. The van der Waals surface area contributed by atoms with Gasteiger partial charge in [0.15, 0.2) is 0 Å². The molecule has 0 saturated carbocycles. The predicted octanol–water partition coefficient (Wildman–Crippen LogP) is 5.45. The number of halogens is 4. The van der Waals surface area contributed by atoms with Gasteiger partial charge in [-0.15, -0.1) is 0 Å². The Bertz CT molecular complexity index is 1210. The minimum Gasteiger partial charge on any atom is -0.507 e. The van der Waals surface area contributed by atoms with Crippen LogP contribution in [0.4, 0.5) is 13.2 Å². The van der Waals surface area contributed by atoms with Gasteiger partial charge in [-0.1, -0.05) is 29.8 Å². The molecular formula is C23H21ClF3NO4. The Hall–Kier alpha value is -2.55. The third kappa shape index (κ3) is 4.22. The lowest BCUT2D eigenvalue weighted by atomic mass is 10.00. The number of aromatic hydroxyl groups is 1. The highest BCUT2D eigenvalue weighted by atomic mass is 35.5. The normalized spacial score (nSPS) is 20.1. The van der Waals surface area contributed by atoms with Gasteiger partial charge in [0.05, 0.1) is 28.7 Å². The molecule has 5 nitrogen and oxygen atoms in total. The Morgan fingerprint density at radius 2 is 1.78 bits per heavy atom. The van der Waals surface area contributed by atoms with E-state index >= 15 is 0 Å². The summed E-state index contributed by atoms with van der Waals surface area (Å²) in [6.07, 6.45) is -5.12. The molecule has 2 aromatic carbocycles. The molecule has 0 aliphatic carbocycles. The van der Waals surface area contributed by atoms with Gasteiger partial charge in [-0.05, 0) is 32.0 Å². The van der Waals surface area contributed by atoms with E-state index in [4.69, 9.17) is 20.8 Å². The summed E-state index contributed by atoms with van der Waals surface area (Å²) in [7, 11) is 0. The maximum Gasteiger partial charge on any atom is 0.450 e. The summed E-state index contributed by atoms with van der Waals surface area (Å²) in [5.74, 6) is -1.69. The predicted molar refractivity (Wildman–Crippen MR) is 115 cm³/mol. The number of hydrogen-bond donors (Lipinski definition) is 1.